The number of carbonyl (C=O) groups is 1. The van der Waals surface area contributed by atoms with Gasteiger partial charge in [0.15, 0.2) is 0 Å². The highest BCUT2D eigenvalue weighted by Crippen LogP contribution is 2.27. The summed E-state index contributed by atoms with van der Waals surface area (Å²) in [7, 11) is 3.93. The largest absolute Gasteiger partial charge is 0.489 e. The van der Waals surface area contributed by atoms with Crippen LogP contribution in [0.2, 0.25) is 0 Å². The lowest BCUT2D eigenvalue weighted by molar-refractivity contribution is 0.102. The number of hydrogen-bond donors (Lipinski definition) is 2. The van der Waals surface area contributed by atoms with Gasteiger partial charge in [-0.1, -0.05) is 12.1 Å². The van der Waals surface area contributed by atoms with Gasteiger partial charge in [0.05, 0.1) is 17.4 Å². The lowest BCUT2D eigenvalue weighted by Crippen LogP contribution is -2.14. The maximum Gasteiger partial charge on any atom is 0.258 e. The Morgan fingerprint density at radius 2 is 1.66 bits per heavy atom. The summed E-state index contributed by atoms with van der Waals surface area (Å²) in [5, 5.41) is 5.97. The number of hydrogen-bond acceptors (Lipinski definition) is 6. The van der Waals surface area contributed by atoms with Crippen LogP contribution in [0.4, 0.5) is 23.0 Å². The standard InChI is InChI=1S/C22H25N5O2/c1-15(2)29-20-8-6-5-7-19(20)26-22-23-13-16(14-24-22)21(28)25-17-9-11-18(12-10-17)27(3)4/h5-15H,1-4H3,(H,25,28)(H,23,24,26). The molecule has 3 rings (SSSR count). The number of anilines is 4. The van der Waals surface area contributed by atoms with E-state index < -0.39 is 0 Å². The van der Waals surface area contributed by atoms with Crippen molar-refractivity contribution in [2.45, 2.75) is 20.0 Å². The molecular weight excluding hydrogens is 366 g/mol. The number of ether oxygens (including phenoxy) is 1. The minimum Gasteiger partial charge on any atom is -0.489 e. The minimum absolute atomic E-state index is 0.0525. The molecule has 1 aromatic heterocycles. The maximum atomic E-state index is 12.4. The Hall–Kier alpha value is -3.61. The predicted octanol–water partition coefficient (Wildman–Crippen LogP) is 4.33. The van der Waals surface area contributed by atoms with E-state index in [9.17, 15) is 4.79 Å². The second kappa shape index (κ2) is 9.05. The van der Waals surface area contributed by atoms with Gasteiger partial charge in [0.2, 0.25) is 5.95 Å². The topological polar surface area (TPSA) is 79.4 Å². The number of nitrogens with one attached hydrogen (secondary N) is 2. The molecule has 0 radical (unpaired) electrons. The highest BCUT2D eigenvalue weighted by Gasteiger charge is 2.10. The lowest BCUT2D eigenvalue weighted by atomic mass is 10.2. The first-order chi connectivity index (χ1) is 13.9. The van der Waals surface area contributed by atoms with Crippen molar-refractivity contribution >= 4 is 28.9 Å². The molecule has 1 amide bonds. The summed E-state index contributed by atoms with van der Waals surface area (Å²) in [5.41, 5.74) is 2.91. The van der Waals surface area contributed by atoms with Crippen LogP contribution in [0.3, 0.4) is 0 Å². The fraction of sp³-hybridized carbons (Fsp3) is 0.227. The Labute approximate surface area is 170 Å². The first-order valence-corrected chi connectivity index (χ1v) is 9.36. The van der Waals surface area contributed by atoms with E-state index in [4.69, 9.17) is 4.74 Å². The van der Waals surface area contributed by atoms with E-state index >= 15 is 0 Å². The van der Waals surface area contributed by atoms with E-state index in [1.807, 2.05) is 81.4 Å². The SMILES string of the molecule is CC(C)Oc1ccccc1Nc1ncc(C(=O)Nc2ccc(N(C)C)cc2)cn1. The molecule has 0 bridgehead atoms. The average Bonchev–Trinajstić information content (AvgIpc) is 2.70. The summed E-state index contributed by atoms with van der Waals surface area (Å²) in [6.45, 7) is 3.93. The molecule has 0 atom stereocenters. The third-order valence-electron chi connectivity index (χ3n) is 4.05. The summed E-state index contributed by atoms with van der Waals surface area (Å²) in [4.78, 5) is 22.9. The smallest absolute Gasteiger partial charge is 0.258 e. The van der Waals surface area contributed by atoms with Gasteiger partial charge < -0.3 is 20.3 Å². The summed E-state index contributed by atoms with van der Waals surface area (Å²) in [5.74, 6) is 0.837. The summed E-state index contributed by atoms with van der Waals surface area (Å²) >= 11 is 0. The van der Waals surface area contributed by atoms with Gasteiger partial charge in [0, 0.05) is 37.9 Å². The van der Waals surface area contributed by atoms with Crippen LogP contribution in [0.25, 0.3) is 0 Å². The number of amides is 1. The number of aromatic nitrogens is 2. The lowest BCUT2D eigenvalue weighted by Gasteiger charge is -2.14. The molecule has 1 heterocycles. The molecule has 0 aliphatic heterocycles. The number of carbonyl (C=O) groups excluding carboxylic acids is 1. The molecule has 0 saturated carbocycles. The zero-order chi connectivity index (χ0) is 20.8. The Bertz CT molecular complexity index is 954. The Balaban J connectivity index is 1.66. The molecule has 2 N–H and O–H groups in total. The van der Waals surface area contributed by atoms with Crippen molar-refractivity contribution in [1.29, 1.82) is 0 Å². The van der Waals surface area contributed by atoms with Crippen LogP contribution in [0.15, 0.2) is 60.9 Å². The van der Waals surface area contributed by atoms with Crippen molar-refractivity contribution in [1.82, 2.24) is 9.97 Å². The van der Waals surface area contributed by atoms with Crippen molar-refractivity contribution in [2.24, 2.45) is 0 Å². The Morgan fingerprint density at radius 1 is 1.00 bits per heavy atom. The van der Waals surface area contributed by atoms with Gasteiger partial charge >= 0.3 is 0 Å². The molecule has 0 unspecified atom stereocenters. The molecule has 7 nitrogen and oxygen atoms in total. The normalized spacial score (nSPS) is 10.5. The summed E-state index contributed by atoms with van der Waals surface area (Å²) in [6, 6.07) is 15.2. The zero-order valence-electron chi connectivity index (χ0n) is 17.0. The number of para-hydroxylation sites is 2. The molecule has 7 heteroatoms. The van der Waals surface area contributed by atoms with Crippen LogP contribution >= 0.6 is 0 Å². The van der Waals surface area contributed by atoms with E-state index in [1.165, 1.54) is 12.4 Å². The monoisotopic (exact) mass is 391 g/mol. The summed E-state index contributed by atoms with van der Waals surface area (Å²) in [6.07, 6.45) is 3.03. The van der Waals surface area contributed by atoms with Gasteiger partial charge in [0.1, 0.15) is 5.75 Å². The minimum atomic E-state index is -0.266. The second-order valence-electron chi connectivity index (χ2n) is 6.98. The van der Waals surface area contributed by atoms with Crippen LogP contribution in [0.5, 0.6) is 5.75 Å². The second-order valence-corrected chi connectivity index (χ2v) is 6.98. The van der Waals surface area contributed by atoms with Crippen LogP contribution in [0, 0.1) is 0 Å². The molecular formula is C22H25N5O2. The number of nitrogens with zero attached hydrogens (tertiary/aromatic N) is 3. The van der Waals surface area contributed by atoms with Gasteiger partial charge in [0.25, 0.3) is 5.91 Å². The molecule has 0 aliphatic carbocycles. The maximum absolute atomic E-state index is 12.4. The molecule has 2 aromatic carbocycles. The molecule has 150 valence electrons. The van der Waals surface area contributed by atoms with E-state index in [1.54, 1.807) is 0 Å². The first kappa shape index (κ1) is 20.1. The highest BCUT2D eigenvalue weighted by atomic mass is 16.5. The van der Waals surface area contributed by atoms with E-state index in [0.29, 0.717) is 22.9 Å². The number of rotatable bonds is 7. The molecule has 0 fully saturated rings. The molecule has 3 aromatic rings. The van der Waals surface area contributed by atoms with Gasteiger partial charge in [-0.2, -0.15) is 0 Å². The quantitative estimate of drug-likeness (QED) is 0.624. The van der Waals surface area contributed by atoms with Crippen molar-refractivity contribution < 1.29 is 9.53 Å². The van der Waals surface area contributed by atoms with Crippen LogP contribution < -0.4 is 20.3 Å². The Morgan fingerprint density at radius 3 is 2.28 bits per heavy atom. The van der Waals surface area contributed by atoms with Crippen LogP contribution in [-0.2, 0) is 0 Å². The van der Waals surface area contributed by atoms with Crippen molar-refractivity contribution in [3.63, 3.8) is 0 Å². The fourth-order valence-electron chi connectivity index (χ4n) is 2.60. The Kier molecular flexibility index (Phi) is 6.29. The molecule has 0 spiro atoms. The van der Waals surface area contributed by atoms with Crippen LogP contribution in [0.1, 0.15) is 24.2 Å². The van der Waals surface area contributed by atoms with Gasteiger partial charge in [-0.15, -0.1) is 0 Å². The first-order valence-electron chi connectivity index (χ1n) is 9.36. The zero-order valence-corrected chi connectivity index (χ0v) is 17.0. The predicted molar refractivity (Wildman–Crippen MR) is 116 cm³/mol. The van der Waals surface area contributed by atoms with Crippen molar-refractivity contribution in [3.8, 4) is 5.75 Å². The van der Waals surface area contributed by atoms with Crippen molar-refractivity contribution in [2.75, 3.05) is 29.6 Å². The molecule has 29 heavy (non-hydrogen) atoms. The molecule has 0 saturated heterocycles. The van der Waals surface area contributed by atoms with Crippen LogP contribution in [-0.4, -0.2) is 36.1 Å². The highest BCUT2D eigenvalue weighted by molar-refractivity contribution is 6.04. The molecule has 0 aliphatic rings. The third kappa shape index (κ3) is 5.44. The van der Waals surface area contributed by atoms with Gasteiger partial charge in [-0.05, 0) is 50.2 Å². The third-order valence-corrected chi connectivity index (χ3v) is 4.05. The number of benzene rings is 2. The fourth-order valence-corrected chi connectivity index (χ4v) is 2.60. The van der Waals surface area contributed by atoms with Gasteiger partial charge in [-0.3, -0.25) is 4.79 Å². The average molecular weight is 391 g/mol. The van der Waals surface area contributed by atoms with E-state index in [0.717, 1.165) is 11.4 Å². The van der Waals surface area contributed by atoms with Gasteiger partial charge in [-0.25, -0.2) is 9.97 Å². The summed E-state index contributed by atoms with van der Waals surface area (Å²) < 4.78 is 5.78. The van der Waals surface area contributed by atoms with E-state index in [2.05, 4.69) is 20.6 Å². The van der Waals surface area contributed by atoms with E-state index in [-0.39, 0.29) is 12.0 Å². The van der Waals surface area contributed by atoms with Crippen molar-refractivity contribution in [3.05, 3.63) is 66.5 Å².